The van der Waals surface area contributed by atoms with Crippen LogP contribution in [0.5, 0.6) is 0 Å². The summed E-state index contributed by atoms with van der Waals surface area (Å²) in [5, 5.41) is 7.83. The van der Waals surface area contributed by atoms with Gasteiger partial charge in [0.15, 0.2) is 0 Å². The second kappa shape index (κ2) is 8.81. The molecule has 31 heavy (non-hydrogen) atoms. The minimum atomic E-state index is -0.234. The minimum absolute atomic E-state index is 0.115. The molecule has 0 aliphatic carbocycles. The molecule has 3 heterocycles. The highest BCUT2D eigenvalue weighted by Gasteiger charge is 2.18. The first-order valence-electron chi connectivity index (χ1n) is 10.6. The molecule has 3 aromatic rings. The summed E-state index contributed by atoms with van der Waals surface area (Å²) < 4.78 is 7.46. The van der Waals surface area contributed by atoms with Crippen molar-refractivity contribution in [3.05, 3.63) is 59.8 Å². The number of hydrogen-bond donors (Lipinski definition) is 2. The first-order chi connectivity index (χ1) is 14.9. The quantitative estimate of drug-likeness (QED) is 0.618. The van der Waals surface area contributed by atoms with E-state index in [1.165, 1.54) is 11.6 Å². The van der Waals surface area contributed by atoms with E-state index in [1.807, 2.05) is 36.6 Å². The van der Waals surface area contributed by atoms with Crippen molar-refractivity contribution in [3.63, 3.8) is 0 Å². The zero-order valence-electron chi connectivity index (χ0n) is 18.3. The number of carbonyl (C=O) groups excluding carboxylic acids is 1. The molecule has 4 rings (SSSR count). The molecule has 0 saturated carbocycles. The fourth-order valence-electron chi connectivity index (χ4n) is 3.53. The van der Waals surface area contributed by atoms with Crippen LogP contribution in [0.2, 0.25) is 0 Å². The van der Waals surface area contributed by atoms with Crippen LogP contribution >= 0.6 is 0 Å². The summed E-state index contributed by atoms with van der Waals surface area (Å²) in [5.74, 6) is 0.807. The topological polar surface area (TPSA) is 84.9 Å². The van der Waals surface area contributed by atoms with Gasteiger partial charge in [-0.1, -0.05) is 43.7 Å². The van der Waals surface area contributed by atoms with Crippen LogP contribution in [0.25, 0.3) is 16.8 Å². The number of benzene rings is 1. The number of aryl methyl sites for hydroxylation is 1. The molecule has 7 nitrogen and oxygen atoms in total. The van der Waals surface area contributed by atoms with Crippen LogP contribution in [0.1, 0.15) is 19.4 Å². The van der Waals surface area contributed by atoms with Crippen molar-refractivity contribution in [2.45, 2.75) is 20.8 Å². The Kier molecular flexibility index (Phi) is 5.95. The number of carbonyl (C=O) groups is 1. The fraction of sp³-hybridized carbons (Fsp3) is 0.333. The van der Waals surface area contributed by atoms with Crippen molar-refractivity contribution in [1.82, 2.24) is 9.61 Å². The number of aromatic nitrogens is 2. The lowest BCUT2D eigenvalue weighted by Crippen LogP contribution is -2.37. The average Bonchev–Trinajstić information content (AvgIpc) is 3.18. The van der Waals surface area contributed by atoms with E-state index in [-0.39, 0.29) is 11.8 Å². The monoisotopic (exact) mass is 419 g/mol. The highest BCUT2D eigenvalue weighted by atomic mass is 16.5. The van der Waals surface area contributed by atoms with Gasteiger partial charge < -0.3 is 20.7 Å². The molecule has 162 valence electrons. The number of rotatable bonds is 5. The number of anilines is 2. The molecule has 1 amide bonds. The van der Waals surface area contributed by atoms with Gasteiger partial charge in [0.2, 0.25) is 5.91 Å². The molecule has 0 unspecified atom stereocenters. The Balaban J connectivity index is 1.74. The van der Waals surface area contributed by atoms with Crippen molar-refractivity contribution in [2.75, 3.05) is 36.5 Å². The Morgan fingerprint density at radius 2 is 1.87 bits per heavy atom. The highest BCUT2D eigenvalue weighted by molar-refractivity contribution is 6.00. The van der Waals surface area contributed by atoms with Gasteiger partial charge >= 0.3 is 0 Å². The summed E-state index contributed by atoms with van der Waals surface area (Å²) in [5.41, 5.74) is 11.3. The maximum atomic E-state index is 12.5. The first-order valence-corrected chi connectivity index (χ1v) is 10.6. The molecule has 0 radical (unpaired) electrons. The van der Waals surface area contributed by atoms with Gasteiger partial charge in [0.25, 0.3) is 0 Å². The van der Waals surface area contributed by atoms with Crippen molar-refractivity contribution < 1.29 is 9.53 Å². The fourth-order valence-corrected chi connectivity index (χ4v) is 3.53. The number of allylic oxidation sites excluding steroid dienone is 1. The van der Waals surface area contributed by atoms with Gasteiger partial charge in [-0.15, -0.1) is 0 Å². The SMILES string of the molecule is Cc1ccc(-c2cc3cc(NC(=O)C=C(N)C(C)C)cc(N4CCOCC4)n3n2)cc1. The Morgan fingerprint density at radius 3 is 2.55 bits per heavy atom. The highest BCUT2D eigenvalue weighted by Crippen LogP contribution is 2.28. The molecule has 0 bridgehead atoms. The van der Waals surface area contributed by atoms with Crippen LogP contribution in [-0.2, 0) is 9.53 Å². The number of nitrogens with one attached hydrogen (secondary N) is 1. The first kappa shape index (κ1) is 20.9. The zero-order valence-corrected chi connectivity index (χ0v) is 18.3. The standard InChI is InChI=1S/C24H29N5O2/c1-16(2)21(25)15-23(30)26-19-12-20-14-22(18-6-4-17(3)5-7-18)27-29(20)24(13-19)28-8-10-31-11-9-28/h4-7,12-16H,8-11,25H2,1-3H3,(H,26,30). The third kappa shape index (κ3) is 4.72. The van der Waals surface area contributed by atoms with Gasteiger partial charge in [0, 0.05) is 42.2 Å². The molecule has 1 saturated heterocycles. The molecule has 0 spiro atoms. The molecule has 0 atom stereocenters. The molecule has 1 aliphatic rings. The Labute approximate surface area is 182 Å². The summed E-state index contributed by atoms with van der Waals surface area (Å²) in [4.78, 5) is 14.7. The van der Waals surface area contributed by atoms with E-state index < -0.39 is 0 Å². The van der Waals surface area contributed by atoms with E-state index in [9.17, 15) is 4.79 Å². The summed E-state index contributed by atoms with van der Waals surface area (Å²) in [6.45, 7) is 8.86. The van der Waals surface area contributed by atoms with E-state index >= 15 is 0 Å². The zero-order chi connectivity index (χ0) is 22.0. The normalized spacial score (nSPS) is 15.0. The van der Waals surface area contributed by atoms with Gasteiger partial charge in [0.1, 0.15) is 5.82 Å². The van der Waals surface area contributed by atoms with Gasteiger partial charge in [-0.3, -0.25) is 4.79 Å². The number of morpholine rings is 1. The average molecular weight is 420 g/mol. The lowest BCUT2D eigenvalue weighted by atomic mass is 10.1. The van der Waals surface area contributed by atoms with E-state index in [0.29, 0.717) is 24.6 Å². The minimum Gasteiger partial charge on any atom is -0.402 e. The number of ether oxygens (including phenoxy) is 1. The van der Waals surface area contributed by atoms with Gasteiger partial charge in [-0.25, -0.2) is 4.52 Å². The maximum absolute atomic E-state index is 12.5. The third-order valence-corrected chi connectivity index (χ3v) is 5.46. The second-order valence-corrected chi connectivity index (χ2v) is 8.22. The molecule has 2 aromatic heterocycles. The Morgan fingerprint density at radius 1 is 1.16 bits per heavy atom. The van der Waals surface area contributed by atoms with Crippen molar-refractivity contribution in [3.8, 4) is 11.3 Å². The largest absolute Gasteiger partial charge is 0.402 e. The van der Waals surface area contributed by atoms with E-state index in [4.69, 9.17) is 15.6 Å². The lowest BCUT2D eigenvalue weighted by molar-refractivity contribution is -0.112. The lowest BCUT2D eigenvalue weighted by Gasteiger charge is -2.29. The van der Waals surface area contributed by atoms with Crippen molar-refractivity contribution in [1.29, 1.82) is 0 Å². The molecule has 3 N–H and O–H groups in total. The molecular weight excluding hydrogens is 390 g/mol. The maximum Gasteiger partial charge on any atom is 0.250 e. The third-order valence-electron chi connectivity index (χ3n) is 5.46. The Bertz CT molecular complexity index is 1110. The van der Waals surface area contributed by atoms with Crippen LogP contribution in [0.3, 0.4) is 0 Å². The predicted octanol–water partition coefficient (Wildman–Crippen LogP) is 3.58. The smallest absolute Gasteiger partial charge is 0.250 e. The summed E-state index contributed by atoms with van der Waals surface area (Å²) >= 11 is 0. The van der Waals surface area contributed by atoms with Crippen LogP contribution in [-0.4, -0.2) is 41.8 Å². The van der Waals surface area contributed by atoms with Crippen molar-refractivity contribution in [2.24, 2.45) is 11.7 Å². The summed E-state index contributed by atoms with van der Waals surface area (Å²) in [7, 11) is 0. The number of pyridine rings is 1. The van der Waals surface area contributed by atoms with Crippen LogP contribution in [0.15, 0.2) is 54.2 Å². The van der Waals surface area contributed by atoms with E-state index in [1.54, 1.807) is 0 Å². The van der Waals surface area contributed by atoms with Gasteiger partial charge in [-0.05, 0) is 25.0 Å². The van der Waals surface area contributed by atoms with E-state index in [0.717, 1.165) is 35.7 Å². The number of fused-ring (bicyclic) bond motifs is 1. The molecule has 1 aliphatic heterocycles. The molecular formula is C24H29N5O2. The van der Waals surface area contributed by atoms with E-state index in [2.05, 4.69) is 41.4 Å². The molecule has 1 aromatic carbocycles. The summed E-state index contributed by atoms with van der Waals surface area (Å²) in [6, 6.07) is 14.3. The molecule has 7 heteroatoms. The molecule has 1 fully saturated rings. The van der Waals surface area contributed by atoms with Gasteiger partial charge in [-0.2, -0.15) is 5.10 Å². The Hall–Kier alpha value is -3.32. The second-order valence-electron chi connectivity index (χ2n) is 8.22. The van der Waals surface area contributed by atoms with Crippen molar-refractivity contribution >= 4 is 22.9 Å². The predicted molar refractivity (Wildman–Crippen MR) is 124 cm³/mol. The van der Waals surface area contributed by atoms with Crippen LogP contribution in [0.4, 0.5) is 11.5 Å². The van der Waals surface area contributed by atoms with Crippen LogP contribution in [0, 0.1) is 12.8 Å². The summed E-state index contributed by atoms with van der Waals surface area (Å²) in [6.07, 6.45) is 1.46. The van der Waals surface area contributed by atoms with Gasteiger partial charge in [0.05, 0.1) is 24.4 Å². The van der Waals surface area contributed by atoms with Crippen LogP contribution < -0.4 is 16.0 Å². The number of nitrogens with zero attached hydrogens (tertiary/aromatic N) is 3. The number of nitrogens with two attached hydrogens (primary N) is 1. The number of hydrogen-bond acceptors (Lipinski definition) is 5. The number of amides is 1.